The smallest absolute Gasteiger partial charge is 0.305 e. The Hall–Kier alpha value is -2.18. The van der Waals surface area contributed by atoms with Crippen molar-refractivity contribution in [2.75, 3.05) is 5.32 Å². The average Bonchev–Trinajstić information content (AvgIpc) is 3.13. The van der Waals surface area contributed by atoms with Gasteiger partial charge in [-0.25, -0.2) is 4.98 Å². The van der Waals surface area contributed by atoms with Gasteiger partial charge in [0, 0.05) is 6.04 Å². The SMILES string of the molecule is Cc1noc2ncnc(NC(CC(=O)O)C3CC3)c12. The summed E-state index contributed by atoms with van der Waals surface area (Å²) in [6.07, 6.45) is 3.59. The van der Waals surface area contributed by atoms with Gasteiger partial charge in [0.25, 0.3) is 5.71 Å². The van der Waals surface area contributed by atoms with Gasteiger partial charge in [0.1, 0.15) is 17.5 Å². The number of hydrogen-bond donors (Lipinski definition) is 2. The number of aryl methyl sites for hydroxylation is 1. The van der Waals surface area contributed by atoms with E-state index in [9.17, 15) is 4.79 Å². The van der Waals surface area contributed by atoms with Gasteiger partial charge in [-0.2, -0.15) is 4.98 Å². The molecule has 2 heterocycles. The van der Waals surface area contributed by atoms with Crippen molar-refractivity contribution in [3.05, 3.63) is 12.0 Å². The first-order valence-corrected chi connectivity index (χ1v) is 6.20. The Labute approximate surface area is 109 Å². The summed E-state index contributed by atoms with van der Waals surface area (Å²) >= 11 is 0. The molecule has 19 heavy (non-hydrogen) atoms. The van der Waals surface area contributed by atoms with E-state index in [-0.39, 0.29) is 12.5 Å². The third-order valence-corrected chi connectivity index (χ3v) is 3.35. The molecule has 0 spiro atoms. The van der Waals surface area contributed by atoms with Crippen LogP contribution in [-0.2, 0) is 4.79 Å². The van der Waals surface area contributed by atoms with Gasteiger partial charge in [-0.1, -0.05) is 5.16 Å². The van der Waals surface area contributed by atoms with E-state index in [1.54, 1.807) is 0 Å². The monoisotopic (exact) mass is 262 g/mol. The minimum atomic E-state index is -0.809. The second-order valence-corrected chi connectivity index (χ2v) is 4.86. The molecule has 1 saturated carbocycles. The minimum absolute atomic E-state index is 0.0838. The topological polar surface area (TPSA) is 101 Å². The molecule has 2 aromatic heterocycles. The first kappa shape index (κ1) is 11.9. The highest BCUT2D eigenvalue weighted by atomic mass is 16.5. The molecule has 1 aliphatic carbocycles. The molecule has 1 aliphatic rings. The Morgan fingerprint density at radius 2 is 2.37 bits per heavy atom. The maximum absolute atomic E-state index is 10.9. The van der Waals surface area contributed by atoms with E-state index < -0.39 is 5.97 Å². The van der Waals surface area contributed by atoms with Crippen LogP contribution in [0.3, 0.4) is 0 Å². The van der Waals surface area contributed by atoms with Crippen LogP contribution in [0.5, 0.6) is 0 Å². The molecule has 1 unspecified atom stereocenters. The van der Waals surface area contributed by atoms with Crippen LogP contribution in [0, 0.1) is 12.8 Å². The number of fused-ring (bicyclic) bond motifs is 1. The van der Waals surface area contributed by atoms with Gasteiger partial charge in [-0.15, -0.1) is 0 Å². The second kappa shape index (κ2) is 4.49. The third-order valence-electron chi connectivity index (χ3n) is 3.35. The number of nitrogens with one attached hydrogen (secondary N) is 1. The van der Waals surface area contributed by atoms with Crippen LogP contribution in [0.1, 0.15) is 25.0 Å². The van der Waals surface area contributed by atoms with Gasteiger partial charge in [0.2, 0.25) is 0 Å². The number of carboxylic acid groups (broad SMARTS) is 1. The summed E-state index contributed by atoms with van der Waals surface area (Å²) in [7, 11) is 0. The van der Waals surface area contributed by atoms with E-state index in [1.807, 2.05) is 6.92 Å². The predicted octanol–water partition coefficient (Wildman–Crippen LogP) is 1.59. The Morgan fingerprint density at radius 3 is 3.05 bits per heavy atom. The second-order valence-electron chi connectivity index (χ2n) is 4.86. The first-order valence-electron chi connectivity index (χ1n) is 6.20. The molecule has 0 aliphatic heterocycles. The molecule has 7 heteroatoms. The van der Waals surface area contributed by atoms with Crippen LogP contribution in [0.4, 0.5) is 5.82 Å². The van der Waals surface area contributed by atoms with Crippen molar-refractivity contribution in [3.63, 3.8) is 0 Å². The van der Waals surface area contributed by atoms with Crippen LogP contribution in [0.2, 0.25) is 0 Å². The molecule has 0 amide bonds. The normalized spacial score (nSPS) is 16.5. The molecule has 3 rings (SSSR count). The Kier molecular flexibility index (Phi) is 2.81. The molecule has 0 radical (unpaired) electrons. The van der Waals surface area contributed by atoms with Gasteiger partial charge in [0.15, 0.2) is 0 Å². The Balaban J connectivity index is 1.90. The van der Waals surface area contributed by atoms with Crippen molar-refractivity contribution in [3.8, 4) is 0 Å². The van der Waals surface area contributed by atoms with E-state index in [4.69, 9.17) is 9.63 Å². The average molecular weight is 262 g/mol. The summed E-state index contributed by atoms with van der Waals surface area (Å²) in [6, 6.07) is -0.107. The fourth-order valence-corrected chi connectivity index (χ4v) is 2.23. The van der Waals surface area contributed by atoms with Crippen LogP contribution >= 0.6 is 0 Å². The van der Waals surface area contributed by atoms with Gasteiger partial charge in [0.05, 0.1) is 12.1 Å². The summed E-state index contributed by atoms with van der Waals surface area (Å²) in [6.45, 7) is 1.81. The Morgan fingerprint density at radius 1 is 1.58 bits per heavy atom. The fourth-order valence-electron chi connectivity index (χ4n) is 2.23. The molecule has 0 saturated heterocycles. The highest BCUT2D eigenvalue weighted by Crippen LogP contribution is 2.36. The van der Waals surface area contributed by atoms with Gasteiger partial charge < -0.3 is 14.9 Å². The number of aliphatic carboxylic acids is 1. The van der Waals surface area contributed by atoms with Gasteiger partial charge in [-0.3, -0.25) is 4.79 Å². The van der Waals surface area contributed by atoms with E-state index in [0.29, 0.717) is 23.1 Å². The van der Waals surface area contributed by atoms with E-state index >= 15 is 0 Å². The van der Waals surface area contributed by atoms with Crippen molar-refractivity contribution in [2.24, 2.45) is 5.92 Å². The number of anilines is 1. The number of hydrogen-bond acceptors (Lipinski definition) is 6. The number of carboxylic acids is 1. The zero-order valence-electron chi connectivity index (χ0n) is 10.5. The maximum atomic E-state index is 10.9. The van der Waals surface area contributed by atoms with E-state index in [2.05, 4.69) is 20.4 Å². The molecule has 1 atom stereocenters. The van der Waals surface area contributed by atoms with Gasteiger partial charge in [-0.05, 0) is 25.7 Å². The van der Waals surface area contributed by atoms with E-state index in [0.717, 1.165) is 18.2 Å². The predicted molar refractivity (Wildman–Crippen MR) is 66.7 cm³/mol. The van der Waals surface area contributed by atoms with Crippen molar-refractivity contribution in [1.82, 2.24) is 15.1 Å². The summed E-state index contributed by atoms with van der Waals surface area (Å²) < 4.78 is 5.07. The summed E-state index contributed by atoms with van der Waals surface area (Å²) in [5.74, 6) is 0.194. The zero-order valence-corrected chi connectivity index (χ0v) is 10.5. The lowest BCUT2D eigenvalue weighted by molar-refractivity contribution is -0.137. The largest absolute Gasteiger partial charge is 0.481 e. The summed E-state index contributed by atoms with van der Waals surface area (Å²) in [4.78, 5) is 19.1. The molecular weight excluding hydrogens is 248 g/mol. The first-order chi connectivity index (χ1) is 9.15. The van der Waals surface area contributed by atoms with Crippen molar-refractivity contribution < 1.29 is 14.4 Å². The lowest BCUT2D eigenvalue weighted by Gasteiger charge is -2.16. The third kappa shape index (κ3) is 2.35. The molecular formula is C12H14N4O3. The Bertz CT molecular complexity index is 620. The van der Waals surface area contributed by atoms with Crippen molar-refractivity contribution >= 4 is 22.9 Å². The molecule has 1 fully saturated rings. The van der Waals surface area contributed by atoms with E-state index in [1.165, 1.54) is 6.33 Å². The van der Waals surface area contributed by atoms with Gasteiger partial charge >= 0.3 is 5.97 Å². The highest BCUT2D eigenvalue weighted by Gasteiger charge is 2.33. The molecule has 0 bridgehead atoms. The van der Waals surface area contributed by atoms with Crippen LogP contribution in [-0.4, -0.2) is 32.2 Å². The standard InChI is InChI=1S/C12H14N4O3/c1-6-10-11(13-5-14-12(10)19-16-6)15-8(4-9(17)18)7-2-3-7/h5,7-8H,2-4H2,1H3,(H,17,18)(H,13,14,15). The van der Waals surface area contributed by atoms with Crippen LogP contribution < -0.4 is 5.32 Å². The number of aromatic nitrogens is 3. The molecule has 100 valence electrons. The number of rotatable bonds is 5. The lowest BCUT2D eigenvalue weighted by atomic mass is 10.1. The maximum Gasteiger partial charge on any atom is 0.305 e. The molecule has 0 aromatic carbocycles. The number of carbonyl (C=O) groups is 1. The lowest BCUT2D eigenvalue weighted by Crippen LogP contribution is -2.26. The quantitative estimate of drug-likeness (QED) is 0.843. The summed E-state index contributed by atoms with van der Waals surface area (Å²) in [5.41, 5.74) is 1.11. The fraction of sp³-hybridized carbons (Fsp3) is 0.500. The minimum Gasteiger partial charge on any atom is -0.481 e. The zero-order chi connectivity index (χ0) is 13.4. The molecule has 2 aromatic rings. The highest BCUT2D eigenvalue weighted by molar-refractivity contribution is 5.87. The van der Waals surface area contributed by atoms with Crippen molar-refractivity contribution in [1.29, 1.82) is 0 Å². The summed E-state index contributed by atoms with van der Waals surface area (Å²) in [5, 5.41) is 16.7. The molecule has 7 nitrogen and oxygen atoms in total. The van der Waals surface area contributed by atoms with Crippen molar-refractivity contribution in [2.45, 2.75) is 32.2 Å². The van der Waals surface area contributed by atoms with Crippen LogP contribution in [0.15, 0.2) is 10.9 Å². The molecule has 2 N–H and O–H groups in total. The number of nitrogens with zero attached hydrogens (tertiary/aromatic N) is 3. The van der Waals surface area contributed by atoms with Crippen LogP contribution in [0.25, 0.3) is 11.1 Å².